The number of nitrogens with two attached hydrogens (primary N) is 1. The fourth-order valence-corrected chi connectivity index (χ4v) is 2.72. The van der Waals surface area contributed by atoms with Crippen molar-refractivity contribution in [1.82, 2.24) is 0 Å². The predicted octanol–water partition coefficient (Wildman–Crippen LogP) is 2.49. The Kier molecular flexibility index (Phi) is 2.60. The van der Waals surface area contributed by atoms with Gasteiger partial charge in [-0.05, 0) is 42.9 Å². The van der Waals surface area contributed by atoms with Crippen molar-refractivity contribution in [3.05, 3.63) is 29.8 Å². The van der Waals surface area contributed by atoms with Crippen LogP contribution in [0.2, 0.25) is 0 Å². The summed E-state index contributed by atoms with van der Waals surface area (Å²) in [5.74, 6) is 0.842. The van der Waals surface area contributed by atoms with E-state index in [0.717, 1.165) is 25.4 Å². The van der Waals surface area contributed by atoms with Crippen LogP contribution in [0.4, 0.5) is 5.69 Å². The molecular formula is C14H20N2. The van der Waals surface area contributed by atoms with Crippen molar-refractivity contribution >= 4 is 5.69 Å². The summed E-state index contributed by atoms with van der Waals surface area (Å²) in [4.78, 5) is 2.40. The molecule has 0 radical (unpaired) electrons. The predicted molar refractivity (Wildman–Crippen MR) is 67.8 cm³/mol. The molecule has 1 aromatic rings. The van der Waals surface area contributed by atoms with Crippen molar-refractivity contribution in [1.29, 1.82) is 0 Å². The van der Waals surface area contributed by atoms with Gasteiger partial charge in [-0.2, -0.15) is 0 Å². The first kappa shape index (κ1) is 10.2. The van der Waals surface area contributed by atoms with E-state index in [9.17, 15) is 0 Å². The lowest BCUT2D eigenvalue weighted by atomic mass is 9.80. The molecular weight excluding hydrogens is 196 g/mol. The van der Waals surface area contributed by atoms with Crippen molar-refractivity contribution in [3.8, 4) is 0 Å². The Morgan fingerprint density at radius 3 is 2.31 bits per heavy atom. The number of nitrogens with zero attached hydrogens (tertiary/aromatic N) is 1. The largest absolute Gasteiger partial charge is 0.370 e. The Hall–Kier alpha value is -1.02. The molecule has 3 rings (SSSR count). The van der Waals surface area contributed by atoms with Crippen molar-refractivity contribution in [3.63, 3.8) is 0 Å². The third-order valence-electron chi connectivity index (χ3n) is 4.06. The second-order valence-electron chi connectivity index (χ2n) is 5.21. The normalized spacial score (nSPS) is 25.8. The fraction of sp³-hybridized carbons (Fsp3) is 0.571. The average molecular weight is 216 g/mol. The smallest absolute Gasteiger partial charge is 0.0366 e. The van der Waals surface area contributed by atoms with E-state index < -0.39 is 0 Å². The quantitative estimate of drug-likeness (QED) is 0.823. The van der Waals surface area contributed by atoms with Crippen LogP contribution in [0.1, 0.15) is 37.2 Å². The van der Waals surface area contributed by atoms with Gasteiger partial charge in [0.1, 0.15) is 0 Å². The van der Waals surface area contributed by atoms with Gasteiger partial charge in [0.05, 0.1) is 0 Å². The summed E-state index contributed by atoms with van der Waals surface area (Å²) in [5, 5.41) is 0. The van der Waals surface area contributed by atoms with Crippen LogP contribution in [0.5, 0.6) is 0 Å². The minimum Gasteiger partial charge on any atom is -0.370 e. The van der Waals surface area contributed by atoms with Crippen LogP contribution < -0.4 is 10.6 Å². The molecule has 1 saturated heterocycles. The standard InChI is InChI=1S/C14H20N2/c15-13-8-9-16(10-13)14-6-4-12(5-7-14)11-2-1-3-11/h4-7,11,13H,1-3,8-10,15H2. The molecule has 1 aliphatic carbocycles. The maximum Gasteiger partial charge on any atom is 0.0366 e. The van der Waals surface area contributed by atoms with E-state index in [0.29, 0.717) is 6.04 Å². The Labute approximate surface area is 97.4 Å². The summed E-state index contributed by atoms with van der Waals surface area (Å²) in [6.45, 7) is 2.13. The maximum atomic E-state index is 5.93. The van der Waals surface area contributed by atoms with Gasteiger partial charge in [-0.25, -0.2) is 0 Å². The van der Waals surface area contributed by atoms with Crippen molar-refractivity contribution < 1.29 is 0 Å². The summed E-state index contributed by atoms with van der Waals surface area (Å²) < 4.78 is 0. The summed E-state index contributed by atoms with van der Waals surface area (Å²) in [5.41, 5.74) is 8.80. The molecule has 1 heterocycles. The molecule has 2 fully saturated rings. The molecule has 16 heavy (non-hydrogen) atoms. The van der Waals surface area contributed by atoms with E-state index in [1.807, 2.05) is 0 Å². The van der Waals surface area contributed by atoms with Gasteiger partial charge in [-0.3, -0.25) is 0 Å². The molecule has 1 aromatic carbocycles. The average Bonchev–Trinajstić information content (AvgIpc) is 2.63. The summed E-state index contributed by atoms with van der Waals surface area (Å²) in [6.07, 6.45) is 5.31. The van der Waals surface area contributed by atoms with Gasteiger partial charge in [0, 0.05) is 24.8 Å². The second-order valence-corrected chi connectivity index (χ2v) is 5.21. The lowest BCUT2D eigenvalue weighted by Gasteiger charge is -2.26. The first-order valence-corrected chi connectivity index (χ1v) is 6.43. The third-order valence-corrected chi connectivity index (χ3v) is 4.06. The monoisotopic (exact) mass is 216 g/mol. The van der Waals surface area contributed by atoms with E-state index in [4.69, 9.17) is 5.73 Å². The Morgan fingerprint density at radius 1 is 1.06 bits per heavy atom. The van der Waals surface area contributed by atoms with Gasteiger partial charge >= 0.3 is 0 Å². The van der Waals surface area contributed by atoms with E-state index in [-0.39, 0.29) is 0 Å². The molecule has 2 aliphatic rings. The highest BCUT2D eigenvalue weighted by Gasteiger charge is 2.21. The van der Waals surface area contributed by atoms with Crippen LogP contribution in [0, 0.1) is 0 Å². The second kappa shape index (κ2) is 4.10. The topological polar surface area (TPSA) is 29.3 Å². The fourth-order valence-electron chi connectivity index (χ4n) is 2.72. The van der Waals surface area contributed by atoms with Crippen molar-refractivity contribution in [2.75, 3.05) is 18.0 Å². The van der Waals surface area contributed by atoms with Gasteiger partial charge in [-0.15, -0.1) is 0 Å². The maximum absolute atomic E-state index is 5.93. The van der Waals surface area contributed by atoms with Crippen LogP contribution in [0.3, 0.4) is 0 Å². The van der Waals surface area contributed by atoms with Gasteiger partial charge in [-0.1, -0.05) is 18.6 Å². The van der Waals surface area contributed by atoms with E-state index in [1.54, 1.807) is 0 Å². The Bertz CT molecular complexity index is 354. The number of anilines is 1. The lowest BCUT2D eigenvalue weighted by Crippen LogP contribution is -2.26. The Morgan fingerprint density at radius 2 is 1.81 bits per heavy atom. The molecule has 0 aromatic heterocycles. The number of hydrogen-bond acceptors (Lipinski definition) is 2. The molecule has 0 amide bonds. The highest BCUT2D eigenvalue weighted by molar-refractivity contribution is 5.49. The first-order valence-electron chi connectivity index (χ1n) is 6.43. The van der Waals surface area contributed by atoms with Gasteiger partial charge < -0.3 is 10.6 Å². The number of rotatable bonds is 2. The van der Waals surface area contributed by atoms with Gasteiger partial charge in [0.2, 0.25) is 0 Å². The lowest BCUT2D eigenvalue weighted by molar-refractivity contribution is 0.420. The van der Waals surface area contributed by atoms with Crippen LogP contribution in [0.25, 0.3) is 0 Å². The summed E-state index contributed by atoms with van der Waals surface area (Å²) in [6, 6.07) is 9.52. The van der Waals surface area contributed by atoms with Crippen LogP contribution in [0.15, 0.2) is 24.3 Å². The van der Waals surface area contributed by atoms with Crippen molar-refractivity contribution in [2.45, 2.75) is 37.6 Å². The van der Waals surface area contributed by atoms with E-state index in [1.165, 1.54) is 30.5 Å². The van der Waals surface area contributed by atoms with Gasteiger partial charge in [0.25, 0.3) is 0 Å². The minimum absolute atomic E-state index is 0.367. The molecule has 1 atom stereocenters. The molecule has 86 valence electrons. The minimum atomic E-state index is 0.367. The molecule has 1 aliphatic heterocycles. The van der Waals surface area contributed by atoms with Gasteiger partial charge in [0.15, 0.2) is 0 Å². The SMILES string of the molecule is NC1CCN(c2ccc(C3CCC3)cc2)C1. The zero-order valence-electron chi connectivity index (χ0n) is 9.73. The molecule has 2 N–H and O–H groups in total. The molecule has 1 saturated carbocycles. The molecule has 0 bridgehead atoms. The van der Waals surface area contributed by atoms with Crippen LogP contribution in [-0.4, -0.2) is 19.1 Å². The third kappa shape index (κ3) is 1.82. The molecule has 2 nitrogen and oxygen atoms in total. The summed E-state index contributed by atoms with van der Waals surface area (Å²) in [7, 11) is 0. The first-order chi connectivity index (χ1) is 7.83. The zero-order valence-corrected chi connectivity index (χ0v) is 9.73. The van der Waals surface area contributed by atoms with Crippen molar-refractivity contribution in [2.24, 2.45) is 5.73 Å². The van der Waals surface area contributed by atoms with E-state index >= 15 is 0 Å². The Balaban J connectivity index is 1.71. The zero-order chi connectivity index (χ0) is 11.0. The van der Waals surface area contributed by atoms with Crippen LogP contribution >= 0.6 is 0 Å². The van der Waals surface area contributed by atoms with Crippen LogP contribution in [-0.2, 0) is 0 Å². The molecule has 2 heteroatoms. The highest BCUT2D eigenvalue weighted by atomic mass is 15.2. The number of hydrogen-bond donors (Lipinski definition) is 1. The molecule has 0 spiro atoms. The summed E-state index contributed by atoms with van der Waals surface area (Å²) >= 11 is 0. The number of benzene rings is 1. The van der Waals surface area contributed by atoms with E-state index in [2.05, 4.69) is 29.2 Å². The molecule has 1 unspecified atom stereocenters. The highest BCUT2D eigenvalue weighted by Crippen LogP contribution is 2.36.